The van der Waals surface area contributed by atoms with Crippen LogP contribution in [0.25, 0.3) is 0 Å². The van der Waals surface area contributed by atoms with E-state index in [4.69, 9.17) is 9.47 Å². The lowest BCUT2D eigenvalue weighted by Gasteiger charge is -2.28. The number of ether oxygens (including phenoxy) is 2. The Hall–Kier alpha value is -2.00. The van der Waals surface area contributed by atoms with Gasteiger partial charge in [-0.2, -0.15) is 0 Å². The van der Waals surface area contributed by atoms with Gasteiger partial charge in [-0.05, 0) is 42.7 Å². The maximum atomic E-state index is 5.74. The number of aryl methyl sites for hydroxylation is 1. The van der Waals surface area contributed by atoms with E-state index in [9.17, 15) is 0 Å². The predicted molar refractivity (Wildman–Crippen MR) is 84.8 cm³/mol. The van der Waals surface area contributed by atoms with Gasteiger partial charge in [0.1, 0.15) is 5.75 Å². The number of anilines is 1. The summed E-state index contributed by atoms with van der Waals surface area (Å²) in [5.74, 6) is 0.903. The normalized spacial score (nSPS) is 17.1. The molecule has 21 heavy (non-hydrogen) atoms. The zero-order valence-corrected chi connectivity index (χ0v) is 12.6. The molecule has 1 N–H and O–H groups in total. The summed E-state index contributed by atoms with van der Waals surface area (Å²) < 4.78 is 11.4. The smallest absolute Gasteiger partial charge is 0.142 e. The lowest BCUT2D eigenvalue weighted by molar-refractivity contribution is 0.0969. The maximum absolute atomic E-state index is 5.74. The van der Waals surface area contributed by atoms with E-state index in [1.165, 1.54) is 16.7 Å². The standard InChI is InChI=1S/C18H21NO2/c1-3-21-18-10-13(2)8-9-16(18)19-17-12-20-11-14-6-4-5-7-15(14)17/h4-10,17,19H,3,11-12H2,1-2H3. The molecule has 0 saturated carbocycles. The molecule has 1 aliphatic rings. The first-order chi connectivity index (χ1) is 10.3. The molecule has 2 aromatic rings. The molecule has 1 heterocycles. The van der Waals surface area contributed by atoms with Gasteiger partial charge in [-0.3, -0.25) is 0 Å². The summed E-state index contributed by atoms with van der Waals surface area (Å²) in [4.78, 5) is 0. The Labute approximate surface area is 125 Å². The Morgan fingerprint density at radius 2 is 2.10 bits per heavy atom. The van der Waals surface area contributed by atoms with Crippen molar-refractivity contribution in [3.8, 4) is 5.75 Å². The molecule has 0 aromatic heterocycles. The van der Waals surface area contributed by atoms with Crippen molar-refractivity contribution in [2.45, 2.75) is 26.5 Å². The van der Waals surface area contributed by atoms with Crippen LogP contribution in [0.4, 0.5) is 5.69 Å². The van der Waals surface area contributed by atoms with Gasteiger partial charge in [0, 0.05) is 0 Å². The first-order valence-electron chi connectivity index (χ1n) is 7.43. The molecule has 0 aliphatic carbocycles. The molecule has 1 unspecified atom stereocenters. The van der Waals surface area contributed by atoms with E-state index >= 15 is 0 Å². The van der Waals surface area contributed by atoms with E-state index in [1.54, 1.807) is 0 Å². The SMILES string of the molecule is CCOc1cc(C)ccc1NC1COCc2ccccc21. The molecule has 1 aliphatic heterocycles. The molecule has 2 aromatic carbocycles. The minimum absolute atomic E-state index is 0.164. The average Bonchev–Trinajstić information content (AvgIpc) is 2.50. The van der Waals surface area contributed by atoms with Gasteiger partial charge in [-0.25, -0.2) is 0 Å². The third kappa shape index (κ3) is 3.03. The lowest BCUT2D eigenvalue weighted by Crippen LogP contribution is -2.23. The number of hydrogen-bond acceptors (Lipinski definition) is 3. The fourth-order valence-corrected chi connectivity index (χ4v) is 2.71. The molecule has 0 saturated heterocycles. The zero-order valence-electron chi connectivity index (χ0n) is 12.6. The van der Waals surface area contributed by atoms with Gasteiger partial charge in [-0.15, -0.1) is 0 Å². The molecule has 0 radical (unpaired) electrons. The molecule has 3 nitrogen and oxygen atoms in total. The van der Waals surface area contributed by atoms with Crippen LogP contribution < -0.4 is 10.1 Å². The van der Waals surface area contributed by atoms with E-state index in [2.05, 4.69) is 54.7 Å². The number of nitrogens with one attached hydrogen (secondary N) is 1. The van der Waals surface area contributed by atoms with E-state index in [1.807, 2.05) is 6.92 Å². The summed E-state index contributed by atoms with van der Waals surface area (Å²) in [7, 11) is 0. The highest BCUT2D eigenvalue weighted by atomic mass is 16.5. The summed E-state index contributed by atoms with van der Waals surface area (Å²) in [5, 5.41) is 3.57. The number of hydrogen-bond donors (Lipinski definition) is 1. The topological polar surface area (TPSA) is 30.5 Å². The van der Waals surface area contributed by atoms with Gasteiger partial charge in [0.15, 0.2) is 0 Å². The Morgan fingerprint density at radius 3 is 2.95 bits per heavy atom. The first kappa shape index (κ1) is 14.0. The molecule has 0 amide bonds. The van der Waals surface area contributed by atoms with Gasteiger partial charge < -0.3 is 14.8 Å². The fourth-order valence-electron chi connectivity index (χ4n) is 2.71. The minimum atomic E-state index is 0.164. The van der Waals surface area contributed by atoms with Gasteiger partial charge >= 0.3 is 0 Å². The zero-order chi connectivity index (χ0) is 14.7. The number of fused-ring (bicyclic) bond motifs is 1. The summed E-state index contributed by atoms with van der Waals surface area (Å²) in [6.07, 6.45) is 0. The van der Waals surface area contributed by atoms with Crippen molar-refractivity contribution in [3.05, 3.63) is 59.2 Å². The second-order valence-electron chi connectivity index (χ2n) is 5.34. The third-order valence-electron chi connectivity index (χ3n) is 3.74. The minimum Gasteiger partial charge on any atom is -0.492 e. The van der Waals surface area contributed by atoms with Crippen molar-refractivity contribution in [3.63, 3.8) is 0 Å². The van der Waals surface area contributed by atoms with Crippen molar-refractivity contribution in [1.82, 2.24) is 0 Å². The summed E-state index contributed by atoms with van der Waals surface area (Å²) >= 11 is 0. The van der Waals surface area contributed by atoms with Crippen LogP contribution in [0.2, 0.25) is 0 Å². The first-order valence-corrected chi connectivity index (χ1v) is 7.43. The van der Waals surface area contributed by atoms with Crippen molar-refractivity contribution < 1.29 is 9.47 Å². The highest BCUT2D eigenvalue weighted by Crippen LogP contribution is 2.32. The van der Waals surface area contributed by atoms with E-state index in [0.29, 0.717) is 19.8 Å². The van der Waals surface area contributed by atoms with Gasteiger partial charge in [0.2, 0.25) is 0 Å². The Morgan fingerprint density at radius 1 is 1.24 bits per heavy atom. The van der Waals surface area contributed by atoms with Crippen LogP contribution in [0.3, 0.4) is 0 Å². The van der Waals surface area contributed by atoms with Gasteiger partial charge in [0.05, 0.1) is 31.5 Å². The van der Waals surface area contributed by atoms with E-state index in [-0.39, 0.29) is 6.04 Å². The monoisotopic (exact) mass is 283 g/mol. The van der Waals surface area contributed by atoms with Crippen molar-refractivity contribution in [2.24, 2.45) is 0 Å². The molecule has 110 valence electrons. The van der Waals surface area contributed by atoms with Crippen LogP contribution >= 0.6 is 0 Å². The molecule has 0 fully saturated rings. The molecule has 3 rings (SSSR count). The molecule has 0 bridgehead atoms. The third-order valence-corrected chi connectivity index (χ3v) is 3.74. The fraction of sp³-hybridized carbons (Fsp3) is 0.333. The van der Waals surface area contributed by atoms with Crippen molar-refractivity contribution in [1.29, 1.82) is 0 Å². The van der Waals surface area contributed by atoms with Gasteiger partial charge in [-0.1, -0.05) is 30.3 Å². The predicted octanol–water partition coefficient (Wildman–Crippen LogP) is 4.08. The highest BCUT2D eigenvalue weighted by molar-refractivity contribution is 5.59. The molecule has 1 atom stereocenters. The second kappa shape index (κ2) is 6.19. The second-order valence-corrected chi connectivity index (χ2v) is 5.34. The number of benzene rings is 2. The lowest BCUT2D eigenvalue weighted by atomic mass is 9.99. The van der Waals surface area contributed by atoms with Crippen LogP contribution in [0.1, 0.15) is 29.7 Å². The quantitative estimate of drug-likeness (QED) is 0.917. The van der Waals surface area contributed by atoms with Gasteiger partial charge in [0.25, 0.3) is 0 Å². The Balaban J connectivity index is 1.88. The van der Waals surface area contributed by atoms with E-state index < -0.39 is 0 Å². The van der Waals surface area contributed by atoms with Crippen LogP contribution in [0.15, 0.2) is 42.5 Å². The van der Waals surface area contributed by atoms with Crippen molar-refractivity contribution >= 4 is 5.69 Å². The highest BCUT2D eigenvalue weighted by Gasteiger charge is 2.21. The Bertz CT molecular complexity index is 624. The molecular weight excluding hydrogens is 262 g/mol. The number of rotatable bonds is 4. The molecular formula is C18H21NO2. The molecule has 3 heteroatoms. The van der Waals surface area contributed by atoms with Crippen LogP contribution in [0, 0.1) is 6.92 Å². The summed E-state index contributed by atoms with van der Waals surface area (Å²) in [6, 6.07) is 14.8. The van der Waals surface area contributed by atoms with Crippen molar-refractivity contribution in [2.75, 3.05) is 18.5 Å². The molecule has 0 spiro atoms. The van der Waals surface area contributed by atoms with Crippen LogP contribution in [-0.4, -0.2) is 13.2 Å². The largest absolute Gasteiger partial charge is 0.492 e. The van der Waals surface area contributed by atoms with Crippen LogP contribution in [0.5, 0.6) is 5.75 Å². The summed E-state index contributed by atoms with van der Waals surface area (Å²) in [6.45, 7) is 6.11. The van der Waals surface area contributed by atoms with Crippen LogP contribution in [-0.2, 0) is 11.3 Å². The maximum Gasteiger partial charge on any atom is 0.142 e. The summed E-state index contributed by atoms with van der Waals surface area (Å²) in [5.41, 5.74) is 4.79. The van der Waals surface area contributed by atoms with E-state index in [0.717, 1.165) is 11.4 Å². The average molecular weight is 283 g/mol. The Kier molecular flexibility index (Phi) is 4.11.